The molecule has 1 heterocycles. The molecule has 0 aliphatic carbocycles. The second kappa shape index (κ2) is 4.87. The molecule has 0 atom stereocenters. The minimum absolute atomic E-state index is 0.0585. The normalized spacial score (nSPS) is 10.2. The third-order valence-corrected chi connectivity index (χ3v) is 2.48. The van der Waals surface area contributed by atoms with Crippen molar-refractivity contribution in [1.82, 2.24) is 0 Å². The zero-order chi connectivity index (χ0) is 12.3. The molecule has 1 aromatic carbocycles. The number of aryl methyl sites for hydroxylation is 1. The number of hydrogen-bond donors (Lipinski definition) is 0. The maximum atomic E-state index is 11.5. The minimum atomic E-state index is -0.0585. The van der Waals surface area contributed by atoms with Crippen LogP contribution in [0.25, 0.3) is 0 Å². The first kappa shape index (κ1) is 11.5. The molecule has 0 saturated heterocycles. The van der Waals surface area contributed by atoms with Gasteiger partial charge in [0, 0.05) is 6.07 Å². The predicted molar refractivity (Wildman–Crippen MR) is 65.2 cm³/mol. The summed E-state index contributed by atoms with van der Waals surface area (Å²) in [5.41, 5.74) is 1.49. The Morgan fingerprint density at radius 2 is 1.88 bits per heavy atom. The summed E-state index contributed by atoms with van der Waals surface area (Å²) in [5, 5.41) is 0. The summed E-state index contributed by atoms with van der Waals surface area (Å²) in [6, 6.07) is 11.2. The molecule has 0 saturated carbocycles. The lowest BCUT2D eigenvalue weighted by molar-refractivity contribution is 0.219. The largest absolute Gasteiger partial charge is 0.460 e. The average Bonchev–Trinajstić information content (AvgIpc) is 2.33. The van der Waals surface area contributed by atoms with Crippen molar-refractivity contribution in [1.29, 1.82) is 0 Å². The zero-order valence-corrected chi connectivity index (χ0v) is 9.90. The molecule has 2 aromatic rings. The van der Waals surface area contributed by atoms with Gasteiger partial charge >= 0.3 is 0 Å². The third kappa shape index (κ3) is 2.75. The van der Waals surface area contributed by atoms with Gasteiger partial charge in [-0.3, -0.25) is 4.79 Å². The van der Waals surface area contributed by atoms with Crippen LogP contribution in [-0.2, 0) is 6.61 Å². The summed E-state index contributed by atoms with van der Waals surface area (Å²) in [6.07, 6.45) is 0. The van der Waals surface area contributed by atoms with E-state index >= 15 is 0 Å². The molecule has 0 N–H and O–H groups in total. The molecule has 17 heavy (non-hydrogen) atoms. The van der Waals surface area contributed by atoms with Crippen LogP contribution in [0.2, 0.25) is 0 Å². The molecule has 0 bridgehead atoms. The number of rotatable bonds is 3. The zero-order valence-electron chi connectivity index (χ0n) is 9.90. The third-order valence-electron chi connectivity index (χ3n) is 2.48. The molecule has 0 fully saturated rings. The van der Waals surface area contributed by atoms with Gasteiger partial charge in [-0.2, -0.15) is 0 Å². The molecule has 2 rings (SSSR count). The van der Waals surface area contributed by atoms with E-state index in [2.05, 4.69) is 0 Å². The summed E-state index contributed by atoms with van der Waals surface area (Å²) in [5.74, 6) is 0.863. The molecule has 0 unspecified atom stereocenters. The van der Waals surface area contributed by atoms with Crippen LogP contribution in [-0.4, -0.2) is 0 Å². The Hall–Kier alpha value is -2.03. The van der Waals surface area contributed by atoms with E-state index in [4.69, 9.17) is 9.15 Å². The molecule has 0 aliphatic heterocycles. The highest BCUT2D eigenvalue weighted by atomic mass is 16.6. The minimum Gasteiger partial charge on any atom is -0.460 e. The van der Waals surface area contributed by atoms with Gasteiger partial charge in [-0.05, 0) is 19.4 Å². The van der Waals surface area contributed by atoms with E-state index in [0.29, 0.717) is 23.9 Å². The van der Waals surface area contributed by atoms with E-state index in [-0.39, 0.29) is 5.43 Å². The van der Waals surface area contributed by atoms with Gasteiger partial charge in [-0.25, -0.2) is 0 Å². The van der Waals surface area contributed by atoms with E-state index in [1.165, 1.54) is 6.07 Å². The van der Waals surface area contributed by atoms with E-state index in [1.54, 1.807) is 13.8 Å². The van der Waals surface area contributed by atoms with Crippen LogP contribution < -0.4 is 10.2 Å². The fourth-order valence-electron chi connectivity index (χ4n) is 1.51. The maximum absolute atomic E-state index is 11.5. The van der Waals surface area contributed by atoms with Gasteiger partial charge in [-0.15, -0.1) is 0 Å². The van der Waals surface area contributed by atoms with Crippen LogP contribution in [0.3, 0.4) is 0 Å². The van der Waals surface area contributed by atoms with Crippen LogP contribution in [0.1, 0.15) is 16.9 Å². The molecular weight excluding hydrogens is 216 g/mol. The standard InChI is InChI=1S/C14H14O3/c1-10-8-13(15)11(2)14(17-10)16-9-12-6-4-3-5-7-12/h3-8H,9H2,1-2H3. The van der Waals surface area contributed by atoms with Gasteiger partial charge in [0.25, 0.3) is 5.95 Å². The van der Waals surface area contributed by atoms with Crippen molar-refractivity contribution in [3.63, 3.8) is 0 Å². The molecule has 0 amide bonds. The van der Waals surface area contributed by atoms with Crippen molar-refractivity contribution in [2.45, 2.75) is 20.5 Å². The van der Waals surface area contributed by atoms with Crippen molar-refractivity contribution < 1.29 is 9.15 Å². The Morgan fingerprint density at radius 3 is 2.59 bits per heavy atom. The van der Waals surface area contributed by atoms with Crippen LogP contribution >= 0.6 is 0 Å². The summed E-state index contributed by atoms with van der Waals surface area (Å²) in [4.78, 5) is 11.5. The first-order valence-electron chi connectivity index (χ1n) is 5.45. The van der Waals surface area contributed by atoms with Crippen molar-refractivity contribution in [3.05, 3.63) is 63.5 Å². The second-order valence-electron chi connectivity index (χ2n) is 3.91. The van der Waals surface area contributed by atoms with Gasteiger partial charge in [0.05, 0.1) is 5.56 Å². The maximum Gasteiger partial charge on any atom is 0.291 e. The first-order valence-corrected chi connectivity index (χ1v) is 5.45. The SMILES string of the molecule is Cc1cc(=O)c(C)c(OCc2ccccc2)o1. The van der Waals surface area contributed by atoms with Gasteiger partial charge in [0.15, 0.2) is 5.43 Å². The highest BCUT2D eigenvalue weighted by Gasteiger charge is 2.07. The Bertz CT molecular complexity index is 555. The van der Waals surface area contributed by atoms with E-state index in [0.717, 1.165) is 5.56 Å². The van der Waals surface area contributed by atoms with Gasteiger partial charge in [0.1, 0.15) is 12.4 Å². The second-order valence-corrected chi connectivity index (χ2v) is 3.91. The lowest BCUT2D eigenvalue weighted by Crippen LogP contribution is -2.07. The fourth-order valence-corrected chi connectivity index (χ4v) is 1.51. The quantitative estimate of drug-likeness (QED) is 0.813. The summed E-state index contributed by atoms with van der Waals surface area (Å²) in [6.45, 7) is 3.83. The van der Waals surface area contributed by atoms with Crippen LogP contribution in [0.4, 0.5) is 0 Å². The van der Waals surface area contributed by atoms with Crippen molar-refractivity contribution >= 4 is 0 Å². The first-order chi connectivity index (χ1) is 8.16. The van der Waals surface area contributed by atoms with E-state index in [9.17, 15) is 4.79 Å². The average molecular weight is 230 g/mol. The molecular formula is C14H14O3. The fraction of sp³-hybridized carbons (Fsp3) is 0.214. The predicted octanol–water partition coefficient (Wildman–Crippen LogP) is 2.84. The molecule has 88 valence electrons. The lowest BCUT2D eigenvalue weighted by Gasteiger charge is -2.07. The monoisotopic (exact) mass is 230 g/mol. The van der Waals surface area contributed by atoms with E-state index in [1.807, 2.05) is 30.3 Å². The topological polar surface area (TPSA) is 39.4 Å². The molecule has 0 spiro atoms. The van der Waals surface area contributed by atoms with Crippen LogP contribution in [0.15, 0.2) is 45.6 Å². The summed E-state index contributed by atoms with van der Waals surface area (Å²) >= 11 is 0. The van der Waals surface area contributed by atoms with Crippen molar-refractivity contribution in [3.8, 4) is 5.95 Å². The van der Waals surface area contributed by atoms with Gasteiger partial charge in [0.2, 0.25) is 0 Å². The Labute approximate surface area is 99.7 Å². The number of hydrogen-bond acceptors (Lipinski definition) is 3. The molecule has 0 radical (unpaired) electrons. The molecule has 3 heteroatoms. The van der Waals surface area contributed by atoms with E-state index < -0.39 is 0 Å². The Kier molecular flexibility index (Phi) is 3.28. The Balaban J connectivity index is 2.17. The van der Waals surface area contributed by atoms with Crippen LogP contribution in [0, 0.1) is 13.8 Å². The highest BCUT2D eigenvalue weighted by Crippen LogP contribution is 2.17. The van der Waals surface area contributed by atoms with Gasteiger partial charge in [-0.1, -0.05) is 30.3 Å². The Morgan fingerprint density at radius 1 is 1.18 bits per heavy atom. The lowest BCUT2D eigenvalue weighted by atomic mass is 10.2. The molecule has 3 nitrogen and oxygen atoms in total. The highest BCUT2D eigenvalue weighted by molar-refractivity contribution is 5.23. The smallest absolute Gasteiger partial charge is 0.291 e. The molecule has 0 aliphatic rings. The van der Waals surface area contributed by atoms with Crippen LogP contribution in [0.5, 0.6) is 5.95 Å². The van der Waals surface area contributed by atoms with Crippen molar-refractivity contribution in [2.75, 3.05) is 0 Å². The summed E-state index contributed by atoms with van der Waals surface area (Å²) in [7, 11) is 0. The number of benzene rings is 1. The molecule has 1 aromatic heterocycles. The number of ether oxygens (including phenoxy) is 1. The summed E-state index contributed by atoms with van der Waals surface area (Å²) < 4.78 is 10.9. The van der Waals surface area contributed by atoms with Crippen molar-refractivity contribution in [2.24, 2.45) is 0 Å². The van der Waals surface area contributed by atoms with Gasteiger partial charge < -0.3 is 9.15 Å².